The fourth-order valence-electron chi connectivity index (χ4n) is 1.78. The number of aliphatic hydroxyl groups is 1. The van der Waals surface area contributed by atoms with Crippen LogP contribution in [0, 0.1) is 11.7 Å². The first-order chi connectivity index (χ1) is 9.45. The predicted molar refractivity (Wildman–Crippen MR) is 70.5 cm³/mol. The van der Waals surface area contributed by atoms with Crippen molar-refractivity contribution in [2.24, 2.45) is 5.92 Å². The molecule has 6 heteroatoms. The van der Waals surface area contributed by atoms with Crippen LogP contribution in [0.3, 0.4) is 0 Å². The number of hydrogen-bond acceptors (Lipinski definition) is 4. The van der Waals surface area contributed by atoms with Crippen molar-refractivity contribution in [1.29, 1.82) is 0 Å². The predicted octanol–water partition coefficient (Wildman–Crippen LogP) is 2.04. The largest absolute Gasteiger partial charge is 0.505 e. The molecule has 20 heavy (non-hydrogen) atoms. The lowest BCUT2D eigenvalue weighted by molar-refractivity contribution is -0.124. The lowest BCUT2D eigenvalue weighted by Crippen LogP contribution is -2.15. The van der Waals surface area contributed by atoms with E-state index in [4.69, 9.17) is 10.3 Å². The number of nitrogens with one attached hydrogen (secondary N) is 1. The average Bonchev–Trinajstić information content (AvgIpc) is 2.45. The first-order valence-corrected chi connectivity index (χ1v) is 6.22. The Morgan fingerprint density at radius 1 is 1.50 bits per heavy atom. The molecule has 0 heterocycles. The third-order valence-electron chi connectivity index (χ3n) is 3.02. The number of allylic oxidation sites excluding steroid dienone is 1. The van der Waals surface area contributed by atoms with E-state index in [2.05, 4.69) is 0 Å². The van der Waals surface area contributed by atoms with Crippen molar-refractivity contribution in [2.75, 3.05) is 0 Å². The van der Waals surface area contributed by atoms with Crippen molar-refractivity contribution in [2.45, 2.75) is 25.9 Å². The Morgan fingerprint density at radius 2 is 2.20 bits per heavy atom. The van der Waals surface area contributed by atoms with Crippen LogP contribution in [0.1, 0.15) is 31.4 Å². The zero-order valence-electron chi connectivity index (χ0n) is 11.1. The molecule has 0 aliphatic rings. The Morgan fingerprint density at radius 3 is 2.80 bits per heavy atom. The molecule has 0 radical (unpaired) electrons. The van der Waals surface area contributed by atoms with Gasteiger partial charge in [-0.05, 0) is 36.5 Å². The van der Waals surface area contributed by atoms with E-state index in [-0.39, 0.29) is 5.92 Å². The van der Waals surface area contributed by atoms with Gasteiger partial charge in [-0.3, -0.25) is 10.0 Å². The van der Waals surface area contributed by atoms with Crippen LogP contribution >= 0.6 is 0 Å². The molecule has 110 valence electrons. The van der Waals surface area contributed by atoms with Gasteiger partial charge < -0.3 is 10.2 Å². The lowest BCUT2D eigenvalue weighted by Gasteiger charge is -2.18. The standard InChI is InChI=1S/C14H18FNO4/c1-9(4-2-3-5-13(18)16-20)14(19)10-6-7-12(17)11(15)8-10/h3,5-9,14,17,19-20H,2,4H2,1H3,(H,16,18)/b5-3+/t9-,14+/m0/s1. The van der Waals surface area contributed by atoms with E-state index < -0.39 is 23.6 Å². The fraction of sp³-hybridized carbons (Fsp3) is 0.357. The summed E-state index contributed by atoms with van der Waals surface area (Å²) < 4.78 is 13.2. The average molecular weight is 283 g/mol. The molecule has 0 fully saturated rings. The molecule has 0 aromatic heterocycles. The van der Waals surface area contributed by atoms with Gasteiger partial charge in [0.15, 0.2) is 11.6 Å². The van der Waals surface area contributed by atoms with E-state index in [1.807, 2.05) is 0 Å². The minimum absolute atomic E-state index is 0.152. The van der Waals surface area contributed by atoms with Gasteiger partial charge in [-0.1, -0.05) is 19.1 Å². The van der Waals surface area contributed by atoms with Crippen molar-refractivity contribution in [1.82, 2.24) is 5.48 Å². The molecule has 0 saturated heterocycles. The first kappa shape index (κ1) is 16.1. The molecule has 1 amide bonds. The molecule has 0 aliphatic carbocycles. The number of benzene rings is 1. The van der Waals surface area contributed by atoms with Crippen molar-refractivity contribution in [3.05, 3.63) is 41.7 Å². The number of phenols is 1. The molecule has 0 saturated carbocycles. The van der Waals surface area contributed by atoms with E-state index in [0.717, 1.165) is 6.07 Å². The Labute approximate surface area is 116 Å². The third-order valence-corrected chi connectivity index (χ3v) is 3.02. The zero-order valence-corrected chi connectivity index (χ0v) is 11.1. The summed E-state index contributed by atoms with van der Waals surface area (Å²) in [5.74, 6) is -1.99. The second-order valence-electron chi connectivity index (χ2n) is 4.59. The van der Waals surface area contributed by atoms with Gasteiger partial charge in [-0.15, -0.1) is 0 Å². The molecule has 5 nitrogen and oxygen atoms in total. The topological polar surface area (TPSA) is 89.8 Å². The molecular formula is C14H18FNO4. The Hall–Kier alpha value is -1.92. The van der Waals surface area contributed by atoms with Crippen LogP contribution in [0.15, 0.2) is 30.4 Å². The smallest absolute Gasteiger partial charge is 0.267 e. The van der Waals surface area contributed by atoms with Crippen LogP contribution in [-0.4, -0.2) is 21.3 Å². The highest BCUT2D eigenvalue weighted by Gasteiger charge is 2.17. The van der Waals surface area contributed by atoms with Crippen LogP contribution in [0.5, 0.6) is 5.75 Å². The summed E-state index contributed by atoms with van der Waals surface area (Å²) in [6.45, 7) is 1.80. The van der Waals surface area contributed by atoms with Gasteiger partial charge in [-0.25, -0.2) is 9.87 Å². The van der Waals surface area contributed by atoms with E-state index in [1.54, 1.807) is 13.0 Å². The van der Waals surface area contributed by atoms with E-state index in [1.165, 1.54) is 23.7 Å². The van der Waals surface area contributed by atoms with Gasteiger partial charge >= 0.3 is 0 Å². The summed E-state index contributed by atoms with van der Waals surface area (Å²) in [6, 6.07) is 3.77. The normalized spacial score (nSPS) is 14.2. The highest BCUT2D eigenvalue weighted by Crippen LogP contribution is 2.28. The van der Waals surface area contributed by atoms with Gasteiger partial charge in [0.05, 0.1) is 6.10 Å². The number of carbonyl (C=O) groups is 1. The quantitative estimate of drug-likeness (QED) is 0.365. The van der Waals surface area contributed by atoms with Crippen LogP contribution in [0.25, 0.3) is 0 Å². The SMILES string of the molecule is C[C@@H](CC/C=C/C(=O)NO)[C@@H](O)c1ccc(O)c(F)c1. The number of rotatable bonds is 6. The maximum absolute atomic E-state index is 13.2. The molecule has 1 aromatic carbocycles. The van der Waals surface area contributed by atoms with Crippen LogP contribution in [0.4, 0.5) is 4.39 Å². The molecule has 0 unspecified atom stereocenters. The molecule has 0 aliphatic heterocycles. The second kappa shape index (κ2) is 7.62. The summed E-state index contributed by atoms with van der Waals surface area (Å²) in [7, 11) is 0. The number of hydroxylamine groups is 1. The molecule has 1 aromatic rings. The van der Waals surface area contributed by atoms with Gasteiger partial charge in [-0.2, -0.15) is 0 Å². The van der Waals surface area contributed by atoms with Gasteiger partial charge in [0.2, 0.25) is 0 Å². The maximum Gasteiger partial charge on any atom is 0.267 e. The lowest BCUT2D eigenvalue weighted by atomic mass is 9.93. The highest BCUT2D eigenvalue weighted by molar-refractivity contribution is 5.86. The van der Waals surface area contributed by atoms with Gasteiger partial charge in [0.25, 0.3) is 5.91 Å². The van der Waals surface area contributed by atoms with Crippen molar-refractivity contribution < 1.29 is 24.6 Å². The monoisotopic (exact) mass is 283 g/mol. The number of phenolic OH excluding ortho intramolecular Hbond substituents is 1. The summed E-state index contributed by atoms with van der Waals surface area (Å²) in [4.78, 5) is 10.7. The number of halogens is 1. The third kappa shape index (κ3) is 4.64. The Balaban J connectivity index is 2.54. The molecule has 1 rings (SSSR count). The van der Waals surface area contributed by atoms with Crippen LogP contribution in [0.2, 0.25) is 0 Å². The van der Waals surface area contributed by atoms with Crippen LogP contribution in [-0.2, 0) is 4.79 Å². The summed E-state index contributed by atoms with van der Waals surface area (Å²) in [5.41, 5.74) is 1.87. The van der Waals surface area contributed by atoms with E-state index in [0.29, 0.717) is 18.4 Å². The van der Waals surface area contributed by atoms with Crippen LogP contribution < -0.4 is 5.48 Å². The second-order valence-corrected chi connectivity index (χ2v) is 4.59. The molecule has 4 N–H and O–H groups in total. The number of aromatic hydroxyl groups is 1. The number of amides is 1. The number of hydrogen-bond donors (Lipinski definition) is 4. The van der Waals surface area contributed by atoms with Crippen molar-refractivity contribution in [3.8, 4) is 5.75 Å². The highest BCUT2D eigenvalue weighted by atomic mass is 19.1. The van der Waals surface area contributed by atoms with E-state index in [9.17, 15) is 14.3 Å². The number of carbonyl (C=O) groups excluding carboxylic acids is 1. The van der Waals surface area contributed by atoms with Gasteiger partial charge in [0, 0.05) is 6.08 Å². The molecule has 0 bridgehead atoms. The summed E-state index contributed by atoms with van der Waals surface area (Å²) in [6.07, 6.45) is 3.03. The summed E-state index contributed by atoms with van der Waals surface area (Å²) in [5, 5.41) is 27.4. The minimum Gasteiger partial charge on any atom is -0.505 e. The van der Waals surface area contributed by atoms with Crippen molar-refractivity contribution >= 4 is 5.91 Å². The zero-order chi connectivity index (χ0) is 15.1. The summed E-state index contributed by atoms with van der Waals surface area (Å²) >= 11 is 0. The number of aliphatic hydroxyl groups excluding tert-OH is 1. The maximum atomic E-state index is 13.2. The molecule has 0 spiro atoms. The fourth-order valence-corrected chi connectivity index (χ4v) is 1.78. The van der Waals surface area contributed by atoms with E-state index >= 15 is 0 Å². The van der Waals surface area contributed by atoms with Crippen molar-refractivity contribution in [3.63, 3.8) is 0 Å². The van der Waals surface area contributed by atoms with Gasteiger partial charge in [0.1, 0.15) is 0 Å². The first-order valence-electron chi connectivity index (χ1n) is 6.22. The Bertz CT molecular complexity index is 490. The molecule has 2 atom stereocenters. The Kier molecular flexibility index (Phi) is 6.14. The molecular weight excluding hydrogens is 265 g/mol. The minimum atomic E-state index is -0.856.